The van der Waals surface area contributed by atoms with Crippen LogP contribution in [0.15, 0.2) is 24.3 Å². The molecule has 2 fully saturated rings. The van der Waals surface area contributed by atoms with E-state index in [0.29, 0.717) is 60.8 Å². The second kappa shape index (κ2) is 9.62. The zero-order chi connectivity index (χ0) is 24.4. The van der Waals surface area contributed by atoms with E-state index in [0.717, 1.165) is 32.1 Å². The summed E-state index contributed by atoms with van der Waals surface area (Å²) >= 11 is 0. The monoisotopic (exact) mass is 476 g/mol. The van der Waals surface area contributed by atoms with Gasteiger partial charge < -0.3 is 20.7 Å². The molecule has 0 spiro atoms. The molecule has 0 radical (unpaired) electrons. The van der Waals surface area contributed by atoms with E-state index in [1.54, 1.807) is 12.1 Å². The predicted octanol–water partition coefficient (Wildman–Crippen LogP) is 3.32. The fourth-order valence-electron chi connectivity index (χ4n) is 4.50. The number of fused-ring (bicyclic) bond motifs is 1. The Morgan fingerprint density at radius 2 is 2.03 bits per heavy atom. The molecule has 2 heterocycles. The zero-order valence-electron chi connectivity index (χ0n) is 19.6. The third-order valence-electron chi connectivity index (χ3n) is 6.52. The summed E-state index contributed by atoms with van der Waals surface area (Å²) in [6.45, 7) is 0.438. The van der Waals surface area contributed by atoms with Crippen LogP contribution in [0.3, 0.4) is 0 Å². The first-order valence-corrected chi connectivity index (χ1v) is 12.2. The fraction of sp³-hybridized carbons (Fsp3) is 0.462. The lowest BCUT2D eigenvalue weighted by molar-refractivity contribution is -0.121. The van der Waals surface area contributed by atoms with E-state index in [-0.39, 0.29) is 23.4 Å². The quantitative estimate of drug-likeness (QED) is 0.470. The van der Waals surface area contributed by atoms with Crippen LogP contribution >= 0.6 is 0 Å². The van der Waals surface area contributed by atoms with Crippen molar-refractivity contribution in [3.8, 4) is 23.2 Å². The lowest BCUT2D eigenvalue weighted by atomic mass is 9.85. The number of hydrogen-bond donors (Lipinski definition) is 3. The molecule has 0 bridgehead atoms. The standard InChI is InChI=1S/C26H29FN6O2/c27-18-7-4-6-17(16-18)24-32-22-23(28)30-20(11-14-26(35)12-2-1-3-13-26)31-25(22)33(24)15-5-8-21(34)29-19-9-10-19/h4,6-7,16,19,35H,1-3,5,8-10,12-13,15H2,(H,29,34)(H2,28,30,31). The summed E-state index contributed by atoms with van der Waals surface area (Å²) in [5.41, 5.74) is 6.64. The van der Waals surface area contributed by atoms with Crippen LogP contribution in [-0.2, 0) is 11.3 Å². The number of carbonyl (C=O) groups excluding carboxylic acids is 1. The lowest BCUT2D eigenvalue weighted by Gasteiger charge is -2.26. The van der Waals surface area contributed by atoms with Crippen molar-refractivity contribution >= 4 is 22.9 Å². The summed E-state index contributed by atoms with van der Waals surface area (Å²) in [4.78, 5) is 25.7. The summed E-state index contributed by atoms with van der Waals surface area (Å²) in [5.74, 6) is 6.36. The molecule has 0 unspecified atom stereocenters. The van der Waals surface area contributed by atoms with Gasteiger partial charge in [-0.25, -0.2) is 19.3 Å². The van der Waals surface area contributed by atoms with Crippen molar-refractivity contribution in [3.05, 3.63) is 35.9 Å². The molecule has 8 nitrogen and oxygen atoms in total. The smallest absolute Gasteiger partial charge is 0.220 e. The van der Waals surface area contributed by atoms with Crippen molar-refractivity contribution in [2.75, 3.05) is 5.73 Å². The maximum atomic E-state index is 14.0. The number of hydrogen-bond acceptors (Lipinski definition) is 6. The SMILES string of the molecule is Nc1nc(C#CC2(O)CCCCC2)nc2c1nc(-c1cccc(F)c1)n2CCCC(=O)NC1CC1. The molecule has 9 heteroatoms. The first-order chi connectivity index (χ1) is 16.9. The summed E-state index contributed by atoms with van der Waals surface area (Å²) in [6, 6.07) is 6.47. The summed E-state index contributed by atoms with van der Waals surface area (Å²) < 4.78 is 15.8. The molecule has 1 amide bonds. The number of aryl methyl sites for hydroxylation is 1. The Hall–Kier alpha value is -3.51. The van der Waals surface area contributed by atoms with Crippen LogP contribution in [0.2, 0.25) is 0 Å². The fourth-order valence-corrected chi connectivity index (χ4v) is 4.50. The van der Waals surface area contributed by atoms with Crippen LogP contribution in [-0.4, -0.2) is 42.2 Å². The van der Waals surface area contributed by atoms with Crippen molar-refractivity contribution in [2.24, 2.45) is 0 Å². The van der Waals surface area contributed by atoms with E-state index in [4.69, 9.17) is 5.73 Å². The summed E-state index contributed by atoms with van der Waals surface area (Å²) in [5, 5.41) is 13.7. The van der Waals surface area contributed by atoms with E-state index >= 15 is 0 Å². The lowest BCUT2D eigenvalue weighted by Crippen LogP contribution is -2.29. The number of nitrogens with one attached hydrogen (secondary N) is 1. The Bertz CT molecular complexity index is 1310. The average molecular weight is 477 g/mol. The first kappa shape index (κ1) is 23.2. The molecule has 0 atom stereocenters. The molecule has 2 aliphatic carbocycles. The number of rotatable bonds is 6. The van der Waals surface area contributed by atoms with Gasteiger partial charge in [-0.05, 0) is 63.0 Å². The minimum atomic E-state index is -1.03. The second-order valence-electron chi connectivity index (χ2n) is 9.49. The van der Waals surface area contributed by atoms with Gasteiger partial charge in [0, 0.05) is 24.6 Å². The van der Waals surface area contributed by atoms with Gasteiger partial charge in [0.25, 0.3) is 0 Å². The maximum absolute atomic E-state index is 14.0. The Kier molecular flexibility index (Phi) is 6.39. The number of nitrogens with zero attached hydrogens (tertiary/aromatic N) is 4. The number of nitrogens with two attached hydrogens (primary N) is 1. The molecule has 35 heavy (non-hydrogen) atoms. The van der Waals surface area contributed by atoms with Gasteiger partial charge in [-0.3, -0.25) is 4.79 Å². The minimum Gasteiger partial charge on any atom is -0.382 e. The van der Waals surface area contributed by atoms with E-state index in [1.165, 1.54) is 12.1 Å². The van der Waals surface area contributed by atoms with E-state index in [1.807, 2.05) is 4.57 Å². The number of aromatic nitrogens is 4. The highest BCUT2D eigenvalue weighted by molar-refractivity contribution is 5.86. The number of benzene rings is 1. The molecule has 0 saturated heterocycles. The number of amides is 1. The average Bonchev–Trinajstić information content (AvgIpc) is 3.57. The van der Waals surface area contributed by atoms with Crippen LogP contribution in [0.25, 0.3) is 22.6 Å². The van der Waals surface area contributed by atoms with E-state index in [2.05, 4.69) is 32.1 Å². The first-order valence-electron chi connectivity index (χ1n) is 12.2. The van der Waals surface area contributed by atoms with Gasteiger partial charge in [-0.1, -0.05) is 24.5 Å². The van der Waals surface area contributed by atoms with Crippen LogP contribution < -0.4 is 11.1 Å². The maximum Gasteiger partial charge on any atom is 0.220 e. The third-order valence-corrected chi connectivity index (χ3v) is 6.52. The molecule has 182 valence electrons. The molecule has 2 aliphatic rings. The Labute approximate surface area is 203 Å². The molecule has 1 aromatic carbocycles. The van der Waals surface area contributed by atoms with Crippen molar-refractivity contribution in [2.45, 2.75) is 76.0 Å². The number of aliphatic hydroxyl groups is 1. The highest BCUT2D eigenvalue weighted by Crippen LogP contribution is 2.29. The topological polar surface area (TPSA) is 119 Å². The Balaban J connectivity index is 1.49. The van der Waals surface area contributed by atoms with Gasteiger partial charge in [0.05, 0.1) is 0 Å². The predicted molar refractivity (Wildman–Crippen MR) is 130 cm³/mol. The number of anilines is 1. The molecule has 3 aromatic rings. The molecule has 5 rings (SSSR count). The van der Waals surface area contributed by atoms with Crippen molar-refractivity contribution in [1.82, 2.24) is 24.8 Å². The van der Waals surface area contributed by atoms with Gasteiger partial charge in [0.15, 0.2) is 17.0 Å². The molecule has 2 aromatic heterocycles. The molecule has 4 N–H and O–H groups in total. The summed E-state index contributed by atoms with van der Waals surface area (Å²) in [6.07, 6.45) is 7.21. The van der Waals surface area contributed by atoms with Gasteiger partial charge in [0.1, 0.15) is 17.2 Å². The highest BCUT2D eigenvalue weighted by atomic mass is 19.1. The number of imidazole rings is 1. The number of carbonyl (C=O) groups is 1. The van der Waals surface area contributed by atoms with Gasteiger partial charge in [-0.15, -0.1) is 0 Å². The molecule has 2 saturated carbocycles. The normalized spacial score (nSPS) is 17.1. The zero-order valence-corrected chi connectivity index (χ0v) is 19.6. The highest BCUT2D eigenvalue weighted by Gasteiger charge is 2.27. The molecule has 0 aliphatic heterocycles. The number of nitrogen functional groups attached to an aromatic ring is 1. The van der Waals surface area contributed by atoms with Crippen LogP contribution in [0, 0.1) is 17.7 Å². The minimum absolute atomic E-state index is 0.0191. The Morgan fingerprint density at radius 1 is 1.23 bits per heavy atom. The van der Waals surface area contributed by atoms with Gasteiger partial charge in [-0.2, -0.15) is 0 Å². The number of halogens is 1. The van der Waals surface area contributed by atoms with E-state index < -0.39 is 5.60 Å². The molecular weight excluding hydrogens is 447 g/mol. The van der Waals surface area contributed by atoms with E-state index in [9.17, 15) is 14.3 Å². The van der Waals surface area contributed by atoms with Gasteiger partial charge in [0.2, 0.25) is 11.7 Å². The largest absolute Gasteiger partial charge is 0.382 e. The van der Waals surface area contributed by atoms with Crippen molar-refractivity contribution in [3.63, 3.8) is 0 Å². The summed E-state index contributed by atoms with van der Waals surface area (Å²) in [7, 11) is 0. The Morgan fingerprint density at radius 3 is 2.77 bits per heavy atom. The van der Waals surface area contributed by atoms with Crippen LogP contribution in [0.4, 0.5) is 10.2 Å². The van der Waals surface area contributed by atoms with Crippen LogP contribution in [0.1, 0.15) is 63.6 Å². The van der Waals surface area contributed by atoms with Crippen molar-refractivity contribution in [1.29, 1.82) is 0 Å². The van der Waals surface area contributed by atoms with Crippen molar-refractivity contribution < 1.29 is 14.3 Å². The van der Waals surface area contributed by atoms with Crippen LogP contribution in [0.5, 0.6) is 0 Å². The third kappa shape index (κ3) is 5.43. The van der Waals surface area contributed by atoms with Gasteiger partial charge >= 0.3 is 0 Å². The second-order valence-corrected chi connectivity index (χ2v) is 9.49. The molecular formula is C26H29FN6O2.